The summed E-state index contributed by atoms with van der Waals surface area (Å²) in [4.78, 5) is 12.8. The maximum atomic E-state index is 12.8. The zero-order chi connectivity index (χ0) is 20.7. The van der Waals surface area contributed by atoms with Crippen LogP contribution in [0, 0.1) is 0 Å². The third-order valence-corrected chi connectivity index (χ3v) is 5.11. The second-order valence-electron chi connectivity index (χ2n) is 9.44. The molecule has 0 saturated carbocycles. The van der Waals surface area contributed by atoms with E-state index in [0.29, 0.717) is 11.5 Å². The fraction of sp³-hybridized carbons (Fsp3) is 0.458. The van der Waals surface area contributed by atoms with E-state index in [-0.39, 0.29) is 30.0 Å². The van der Waals surface area contributed by atoms with E-state index in [1.54, 1.807) is 0 Å². The van der Waals surface area contributed by atoms with Gasteiger partial charge in [0, 0.05) is 11.1 Å². The highest BCUT2D eigenvalue weighted by molar-refractivity contribution is 5.90. The van der Waals surface area contributed by atoms with E-state index in [1.807, 2.05) is 24.3 Å². The molecule has 1 atom stereocenters. The van der Waals surface area contributed by atoms with Crippen LogP contribution in [0.15, 0.2) is 36.4 Å². The Bertz CT molecular complexity index is 867. The summed E-state index contributed by atoms with van der Waals surface area (Å²) in [6.45, 7) is 13.2. The molecular weight excluding hydrogens is 352 g/mol. The first kappa shape index (κ1) is 20.4. The van der Waals surface area contributed by atoms with Gasteiger partial charge in [0.05, 0.1) is 6.61 Å². The van der Waals surface area contributed by atoms with E-state index in [4.69, 9.17) is 14.6 Å². The number of aliphatic hydroxyl groups excluding tert-OH is 1. The first-order chi connectivity index (χ1) is 13.0. The fourth-order valence-corrected chi connectivity index (χ4v) is 3.49. The van der Waals surface area contributed by atoms with E-state index in [0.717, 1.165) is 16.7 Å². The van der Waals surface area contributed by atoms with Gasteiger partial charge in [-0.3, -0.25) is 4.79 Å². The Kier molecular flexibility index (Phi) is 5.28. The molecule has 0 aliphatic carbocycles. The molecule has 3 rings (SSSR count). The molecule has 1 heterocycles. The molecule has 1 aliphatic rings. The predicted molar refractivity (Wildman–Crippen MR) is 110 cm³/mol. The lowest BCUT2D eigenvalue weighted by Crippen LogP contribution is -2.17. The molecule has 1 unspecified atom stereocenters. The van der Waals surface area contributed by atoms with Crippen LogP contribution < -0.4 is 9.47 Å². The summed E-state index contributed by atoms with van der Waals surface area (Å²) < 4.78 is 11.2. The zero-order valence-corrected chi connectivity index (χ0v) is 17.6. The molecule has 2 aromatic rings. The van der Waals surface area contributed by atoms with E-state index < -0.39 is 5.92 Å². The molecule has 0 fully saturated rings. The number of carbonyl (C=O) groups is 1. The fourth-order valence-electron chi connectivity index (χ4n) is 3.49. The van der Waals surface area contributed by atoms with Gasteiger partial charge in [0.25, 0.3) is 0 Å². The second kappa shape index (κ2) is 7.25. The summed E-state index contributed by atoms with van der Waals surface area (Å²) in [6, 6.07) is 11.8. The Labute approximate surface area is 167 Å². The van der Waals surface area contributed by atoms with Crippen molar-refractivity contribution in [1.29, 1.82) is 0 Å². The minimum absolute atomic E-state index is 0.0325. The average Bonchev–Trinajstić information content (AvgIpc) is 2.93. The summed E-state index contributed by atoms with van der Waals surface area (Å²) in [5.41, 5.74) is 3.91. The summed E-state index contributed by atoms with van der Waals surface area (Å²) in [7, 11) is 0. The summed E-state index contributed by atoms with van der Waals surface area (Å²) in [6.07, 6.45) is 0. The summed E-state index contributed by atoms with van der Waals surface area (Å²) in [5.74, 6) is 0.695. The van der Waals surface area contributed by atoms with Gasteiger partial charge < -0.3 is 14.6 Å². The SMILES string of the molecule is CC(C)(C)c1cc2c(c(C(C)(C)C)c1)OC(=O)C2c1ccc(OCCO)cc1. The van der Waals surface area contributed by atoms with Crippen molar-refractivity contribution in [1.82, 2.24) is 0 Å². The standard InChI is InChI=1S/C24H30O4/c1-23(2,3)16-13-18-20(15-7-9-17(10-8-15)27-12-11-25)22(26)28-21(18)19(14-16)24(4,5)6/h7-10,13-14,20,25H,11-12H2,1-6H3. The number of aliphatic hydroxyl groups is 1. The maximum Gasteiger partial charge on any atom is 0.323 e. The first-order valence-corrected chi connectivity index (χ1v) is 9.76. The van der Waals surface area contributed by atoms with Crippen molar-refractivity contribution in [3.05, 3.63) is 58.7 Å². The largest absolute Gasteiger partial charge is 0.491 e. The van der Waals surface area contributed by atoms with E-state index in [2.05, 4.69) is 53.7 Å². The smallest absolute Gasteiger partial charge is 0.323 e. The van der Waals surface area contributed by atoms with Crippen LogP contribution >= 0.6 is 0 Å². The third-order valence-electron chi connectivity index (χ3n) is 5.11. The van der Waals surface area contributed by atoms with E-state index >= 15 is 0 Å². The highest BCUT2D eigenvalue weighted by Gasteiger charge is 2.39. The molecule has 0 bridgehead atoms. The summed E-state index contributed by atoms with van der Waals surface area (Å²) in [5, 5.41) is 8.90. The number of carbonyl (C=O) groups excluding carboxylic acids is 1. The maximum absolute atomic E-state index is 12.8. The van der Waals surface area contributed by atoms with Crippen LogP contribution in [0.1, 0.15) is 69.7 Å². The molecule has 28 heavy (non-hydrogen) atoms. The lowest BCUT2D eigenvalue weighted by atomic mass is 9.77. The Hall–Kier alpha value is -2.33. The second-order valence-corrected chi connectivity index (χ2v) is 9.44. The van der Waals surface area contributed by atoms with Crippen molar-refractivity contribution in [3.8, 4) is 11.5 Å². The third kappa shape index (κ3) is 3.93. The van der Waals surface area contributed by atoms with Crippen LogP contribution in [0.5, 0.6) is 11.5 Å². The number of hydrogen-bond donors (Lipinski definition) is 1. The van der Waals surface area contributed by atoms with Crippen molar-refractivity contribution in [2.75, 3.05) is 13.2 Å². The molecule has 4 nitrogen and oxygen atoms in total. The number of benzene rings is 2. The van der Waals surface area contributed by atoms with Crippen molar-refractivity contribution in [2.24, 2.45) is 0 Å². The average molecular weight is 383 g/mol. The minimum Gasteiger partial charge on any atom is -0.491 e. The Morgan fingerprint density at radius 1 is 1.00 bits per heavy atom. The van der Waals surface area contributed by atoms with E-state index in [1.165, 1.54) is 5.56 Å². The lowest BCUT2D eigenvalue weighted by molar-refractivity contribution is -0.133. The van der Waals surface area contributed by atoms with Crippen molar-refractivity contribution < 1.29 is 19.4 Å². The van der Waals surface area contributed by atoms with Crippen LogP contribution in [0.25, 0.3) is 0 Å². The monoisotopic (exact) mass is 382 g/mol. The molecule has 0 saturated heterocycles. The van der Waals surface area contributed by atoms with Gasteiger partial charge in [-0.15, -0.1) is 0 Å². The van der Waals surface area contributed by atoms with Crippen molar-refractivity contribution in [3.63, 3.8) is 0 Å². The number of fused-ring (bicyclic) bond motifs is 1. The molecular formula is C24H30O4. The Morgan fingerprint density at radius 2 is 1.64 bits per heavy atom. The van der Waals surface area contributed by atoms with Gasteiger partial charge in [-0.05, 0) is 34.1 Å². The highest BCUT2D eigenvalue weighted by Crippen LogP contribution is 2.47. The molecule has 0 amide bonds. The molecule has 0 spiro atoms. The van der Waals surface area contributed by atoms with Gasteiger partial charge in [-0.25, -0.2) is 0 Å². The van der Waals surface area contributed by atoms with Gasteiger partial charge >= 0.3 is 5.97 Å². The molecule has 4 heteroatoms. The van der Waals surface area contributed by atoms with Crippen molar-refractivity contribution in [2.45, 2.75) is 58.3 Å². The predicted octanol–water partition coefficient (Wildman–Crippen LogP) is 4.70. The molecule has 0 radical (unpaired) electrons. The number of rotatable bonds is 4. The number of esters is 1. The molecule has 1 N–H and O–H groups in total. The Morgan fingerprint density at radius 3 is 2.18 bits per heavy atom. The molecule has 150 valence electrons. The van der Waals surface area contributed by atoms with Crippen LogP contribution in [0.4, 0.5) is 0 Å². The number of ether oxygens (including phenoxy) is 2. The van der Waals surface area contributed by atoms with Crippen molar-refractivity contribution >= 4 is 5.97 Å². The minimum atomic E-state index is -0.440. The number of hydrogen-bond acceptors (Lipinski definition) is 4. The van der Waals surface area contributed by atoms with E-state index in [9.17, 15) is 4.79 Å². The van der Waals surface area contributed by atoms with Crippen LogP contribution in [0.2, 0.25) is 0 Å². The highest BCUT2D eigenvalue weighted by atomic mass is 16.5. The lowest BCUT2D eigenvalue weighted by Gasteiger charge is -2.27. The molecule has 1 aliphatic heterocycles. The summed E-state index contributed by atoms with van der Waals surface area (Å²) >= 11 is 0. The van der Waals surface area contributed by atoms with Gasteiger partial charge in [0.15, 0.2) is 0 Å². The van der Waals surface area contributed by atoms with Gasteiger partial charge in [-0.2, -0.15) is 0 Å². The van der Waals surface area contributed by atoms with Crippen LogP contribution in [-0.4, -0.2) is 24.3 Å². The quantitative estimate of drug-likeness (QED) is 0.615. The van der Waals surface area contributed by atoms with Crippen LogP contribution in [-0.2, 0) is 15.6 Å². The molecule has 2 aromatic carbocycles. The molecule has 0 aromatic heterocycles. The zero-order valence-electron chi connectivity index (χ0n) is 17.6. The van der Waals surface area contributed by atoms with Gasteiger partial charge in [0.1, 0.15) is 24.0 Å². The van der Waals surface area contributed by atoms with Gasteiger partial charge in [0.2, 0.25) is 0 Å². The Balaban J connectivity index is 2.10. The topological polar surface area (TPSA) is 55.8 Å². The van der Waals surface area contributed by atoms with Crippen LogP contribution in [0.3, 0.4) is 0 Å². The normalized spacial score (nSPS) is 16.7. The van der Waals surface area contributed by atoms with Gasteiger partial charge in [-0.1, -0.05) is 65.8 Å². The first-order valence-electron chi connectivity index (χ1n) is 9.76.